The lowest BCUT2D eigenvalue weighted by Gasteiger charge is -2.32. The fourth-order valence-corrected chi connectivity index (χ4v) is 3.03. The molecule has 0 spiro atoms. The maximum absolute atomic E-state index is 12.0. The molecule has 3 nitrogen and oxygen atoms in total. The van der Waals surface area contributed by atoms with Crippen LogP contribution in [0.15, 0.2) is 30.3 Å². The van der Waals surface area contributed by atoms with Crippen molar-refractivity contribution in [3.63, 3.8) is 0 Å². The highest BCUT2D eigenvalue weighted by Crippen LogP contribution is 2.25. The van der Waals surface area contributed by atoms with Gasteiger partial charge in [0.2, 0.25) is 5.91 Å². The number of amides is 1. The first-order valence-corrected chi connectivity index (χ1v) is 7.91. The van der Waals surface area contributed by atoms with Crippen LogP contribution in [0.25, 0.3) is 0 Å². The fourth-order valence-electron chi connectivity index (χ4n) is 2.04. The first kappa shape index (κ1) is 14.4. The third-order valence-corrected chi connectivity index (χ3v) is 4.31. The predicted octanol–water partition coefficient (Wildman–Crippen LogP) is 2.95. The lowest BCUT2D eigenvalue weighted by molar-refractivity contribution is -0.116. The molecule has 0 N–H and O–H groups in total. The summed E-state index contributed by atoms with van der Waals surface area (Å²) in [5, 5.41) is 0.384. The van der Waals surface area contributed by atoms with Gasteiger partial charge in [-0.25, -0.2) is 0 Å². The molecule has 1 aromatic rings. The maximum Gasteiger partial charge on any atom is 0.237 e. The number of para-hydroxylation sites is 1. The number of rotatable bonds is 6. The van der Waals surface area contributed by atoms with E-state index in [1.165, 1.54) is 0 Å². The average Bonchev–Trinajstić information content (AvgIpc) is 2.46. The van der Waals surface area contributed by atoms with Crippen LogP contribution in [-0.2, 0) is 9.53 Å². The molecular formula is C15H21NO2S. The van der Waals surface area contributed by atoms with E-state index in [1.807, 2.05) is 35.2 Å². The van der Waals surface area contributed by atoms with E-state index >= 15 is 0 Å². The summed E-state index contributed by atoms with van der Waals surface area (Å²) in [6.07, 6.45) is 2.27. The third-order valence-electron chi connectivity index (χ3n) is 3.14. The SMILES string of the molecule is CCCCOC[C@H]1CN(c2ccccc2)C(=O)CS1. The van der Waals surface area contributed by atoms with Gasteiger partial charge in [-0.1, -0.05) is 31.5 Å². The summed E-state index contributed by atoms with van der Waals surface area (Å²) in [6.45, 7) is 4.47. The zero-order valence-electron chi connectivity index (χ0n) is 11.4. The third kappa shape index (κ3) is 4.25. The highest BCUT2D eigenvalue weighted by atomic mass is 32.2. The molecule has 1 aliphatic heterocycles. The number of carbonyl (C=O) groups is 1. The molecule has 1 fully saturated rings. The quantitative estimate of drug-likeness (QED) is 0.750. The Morgan fingerprint density at radius 2 is 2.16 bits per heavy atom. The molecule has 1 heterocycles. The zero-order valence-corrected chi connectivity index (χ0v) is 12.2. The molecule has 0 aromatic heterocycles. The average molecular weight is 279 g/mol. The van der Waals surface area contributed by atoms with Gasteiger partial charge in [0.25, 0.3) is 0 Å². The van der Waals surface area contributed by atoms with Crippen LogP contribution < -0.4 is 4.90 Å². The second-order valence-electron chi connectivity index (χ2n) is 4.70. The molecule has 0 saturated carbocycles. The Hall–Kier alpha value is -1.000. The zero-order chi connectivity index (χ0) is 13.5. The number of benzene rings is 1. The first-order chi connectivity index (χ1) is 9.31. The lowest BCUT2D eigenvalue weighted by Crippen LogP contribution is -2.44. The number of hydrogen-bond acceptors (Lipinski definition) is 3. The van der Waals surface area contributed by atoms with Gasteiger partial charge in [0.15, 0.2) is 0 Å². The molecule has 104 valence electrons. The molecule has 1 saturated heterocycles. The largest absolute Gasteiger partial charge is 0.380 e. The summed E-state index contributed by atoms with van der Waals surface area (Å²) in [7, 11) is 0. The Labute approximate surface area is 119 Å². The van der Waals surface area contributed by atoms with Crippen molar-refractivity contribution in [3.05, 3.63) is 30.3 Å². The number of carbonyl (C=O) groups excluding carboxylic acids is 1. The van der Waals surface area contributed by atoms with E-state index in [9.17, 15) is 4.79 Å². The Balaban J connectivity index is 1.88. The van der Waals surface area contributed by atoms with E-state index in [0.717, 1.165) is 38.3 Å². The molecular weight excluding hydrogens is 258 g/mol. The minimum atomic E-state index is 0.195. The Kier molecular flexibility index (Phi) is 5.73. The number of ether oxygens (including phenoxy) is 1. The second-order valence-corrected chi connectivity index (χ2v) is 5.99. The molecule has 1 amide bonds. The summed E-state index contributed by atoms with van der Waals surface area (Å²) in [4.78, 5) is 13.9. The van der Waals surface area contributed by atoms with Crippen LogP contribution >= 0.6 is 11.8 Å². The molecule has 19 heavy (non-hydrogen) atoms. The number of nitrogens with zero attached hydrogens (tertiary/aromatic N) is 1. The van der Waals surface area contributed by atoms with Crippen molar-refractivity contribution in [2.24, 2.45) is 0 Å². The van der Waals surface area contributed by atoms with Gasteiger partial charge < -0.3 is 9.64 Å². The van der Waals surface area contributed by atoms with Crippen LogP contribution in [0, 0.1) is 0 Å². The molecule has 2 rings (SSSR count). The monoisotopic (exact) mass is 279 g/mol. The first-order valence-electron chi connectivity index (χ1n) is 6.86. The van der Waals surface area contributed by atoms with Gasteiger partial charge in [-0.05, 0) is 18.6 Å². The Bertz CT molecular complexity index is 396. The van der Waals surface area contributed by atoms with Crippen LogP contribution in [0.2, 0.25) is 0 Å². The van der Waals surface area contributed by atoms with Crippen LogP contribution in [-0.4, -0.2) is 36.7 Å². The molecule has 4 heteroatoms. The second kappa shape index (κ2) is 7.56. The normalized spacial score (nSPS) is 19.7. The summed E-state index contributed by atoms with van der Waals surface area (Å²) < 4.78 is 5.67. The summed E-state index contributed by atoms with van der Waals surface area (Å²) in [5.41, 5.74) is 0.992. The summed E-state index contributed by atoms with van der Waals surface area (Å²) in [5.74, 6) is 0.748. The van der Waals surface area contributed by atoms with Gasteiger partial charge in [-0.15, -0.1) is 11.8 Å². The van der Waals surface area contributed by atoms with E-state index in [4.69, 9.17) is 4.74 Å². The summed E-state index contributed by atoms with van der Waals surface area (Å²) in [6, 6.07) is 9.89. The van der Waals surface area contributed by atoms with Crippen LogP contribution in [0.5, 0.6) is 0 Å². The van der Waals surface area contributed by atoms with Crippen molar-refractivity contribution in [2.75, 3.05) is 30.4 Å². The van der Waals surface area contributed by atoms with E-state index < -0.39 is 0 Å². The number of anilines is 1. The molecule has 0 bridgehead atoms. The summed E-state index contributed by atoms with van der Waals surface area (Å²) >= 11 is 1.71. The lowest BCUT2D eigenvalue weighted by atomic mass is 10.2. The van der Waals surface area contributed by atoms with Crippen molar-refractivity contribution >= 4 is 23.4 Å². The van der Waals surface area contributed by atoms with Crippen molar-refractivity contribution in [2.45, 2.75) is 25.0 Å². The smallest absolute Gasteiger partial charge is 0.237 e. The fraction of sp³-hybridized carbons (Fsp3) is 0.533. The molecule has 0 aliphatic carbocycles. The van der Waals surface area contributed by atoms with E-state index in [2.05, 4.69) is 6.92 Å². The topological polar surface area (TPSA) is 29.5 Å². The predicted molar refractivity (Wildman–Crippen MR) is 80.8 cm³/mol. The highest BCUT2D eigenvalue weighted by Gasteiger charge is 2.27. The molecule has 1 aliphatic rings. The van der Waals surface area contributed by atoms with Crippen molar-refractivity contribution in [3.8, 4) is 0 Å². The van der Waals surface area contributed by atoms with Gasteiger partial charge in [-0.3, -0.25) is 4.79 Å². The molecule has 0 unspecified atom stereocenters. The van der Waals surface area contributed by atoms with Crippen molar-refractivity contribution < 1.29 is 9.53 Å². The number of unbranched alkanes of at least 4 members (excludes halogenated alkanes) is 1. The van der Waals surface area contributed by atoms with Gasteiger partial charge in [0.1, 0.15) is 0 Å². The molecule has 1 aromatic carbocycles. The van der Waals surface area contributed by atoms with E-state index in [1.54, 1.807) is 11.8 Å². The van der Waals surface area contributed by atoms with Crippen LogP contribution in [0.1, 0.15) is 19.8 Å². The highest BCUT2D eigenvalue weighted by molar-refractivity contribution is 8.00. The standard InChI is InChI=1S/C15H21NO2S/c1-2-3-9-18-11-14-10-16(15(17)12-19-14)13-7-5-4-6-8-13/h4-8,14H,2-3,9-12H2,1H3/t14-/m1/s1. The van der Waals surface area contributed by atoms with Crippen molar-refractivity contribution in [1.29, 1.82) is 0 Å². The number of thioether (sulfide) groups is 1. The minimum absolute atomic E-state index is 0.195. The maximum atomic E-state index is 12.0. The van der Waals surface area contributed by atoms with Crippen LogP contribution in [0.3, 0.4) is 0 Å². The van der Waals surface area contributed by atoms with Crippen molar-refractivity contribution in [1.82, 2.24) is 0 Å². The van der Waals surface area contributed by atoms with Gasteiger partial charge >= 0.3 is 0 Å². The number of hydrogen-bond donors (Lipinski definition) is 0. The van der Waals surface area contributed by atoms with Gasteiger partial charge in [0, 0.05) is 24.1 Å². The van der Waals surface area contributed by atoms with Gasteiger partial charge in [-0.2, -0.15) is 0 Å². The van der Waals surface area contributed by atoms with Crippen LogP contribution in [0.4, 0.5) is 5.69 Å². The Morgan fingerprint density at radius 3 is 2.89 bits per heavy atom. The Morgan fingerprint density at radius 1 is 1.37 bits per heavy atom. The van der Waals surface area contributed by atoms with E-state index in [-0.39, 0.29) is 5.91 Å². The van der Waals surface area contributed by atoms with Gasteiger partial charge in [0.05, 0.1) is 12.4 Å². The minimum Gasteiger partial charge on any atom is -0.380 e. The molecule has 1 atom stereocenters. The molecule has 0 radical (unpaired) electrons. The van der Waals surface area contributed by atoms with E-state index in [0.29, 0.717) is 11.0 Å².